The highest BCUT2D eigenvalue weighted by Crippen LogP contribution is 2.27. The minimum Gasteiger partial charge on any atom is -0.493 e. The molecule has 4 rings (SSSR count). The van der Waals surface area contributed by atoms with Gasteiger partial charge in [-0.1, -0.05) is 36.4 Å². The summed E-state index contributed by atoms with van der Waals surface area (Å²) in [4.78, 5) is 24.7. The lowest BCUT2D eigenvalue weighted by atomic mass is 9.96. The first-order valence-electron chi connectivity index (χ1n) is 9.53. The molecule has 0 fully saturated rings. The first kappa shape index (κ1) is 18.2. The van der Waals surface area contributed by atoms with E-state index in [0.29, 0.717) is 25.3 Å². The molecule has 2 aliphatic heterocycles. The van der Waals surface area contributed by atoms with E-state index in [1.807, 2.05) is 48.5 Å². The van der Waals surface area contributed by atoms with E-state index in [0.717, 1.165) is 23.4 Å². The first-order chi connectivity index (χ1) is 13.6. The molecule has 6 nitrogen and oxygen atoms in total. The third kappa shape index (κ3) is 3.76. The SMILES string of the molecule is CC(=O)C1CC(C(=O)NCC2COc3ccccc3C2)=NN1c1ccccc1. The van der Waals surface area contributed by atoms with Crippen molar-refractivity contribution < 1.29 is 14.3 Å². The number of Topliss-reactive ketones (excluding diaryl/α,β-unsaturated/α-hetero) is 1. The van der Waals surface area contributed by atoms with Crippen molar-refractivity contribution in [2.24, 2.45) is 11.0 Å². The van der Waals surface area contributed by atoms with Crippen LogP contribution in [-0.2, 0) is 16.0 Å². The molecule has 2 heterocycles. The number of benzene rings is 2. The van der Waals surface area contributed by atoms with E-state index in [-0.39, 0.29) is 17.6 Å². The van der Waals surface area contributed by atoms with Gasteiger partial charge in [-0.2, -0.15) is 5.10 Å². The predicted octanol–water partition coefficient (Wildman–Crippen LogP) is 2.58. The highest BCUT2D eigenvalue weighted by atomic mass is 16.5. The van der Waals surface area contributed by atoms with Crippen LogP contribution in [0, 0.1) is 5.92 Å². The maximum Gasteiger partial charge on any atom is 0.267 e. The zero-order chi connectivity index (χ0) is 19.5. The van der Waals surface area contributed by atoms with Gasteiger partial charge in [0.15, 0.2) is 5.78 Å². The van der Waals surface area contributed by atoms with Crippen molar-refractivity contribution in [1.82, 2.24) is 5.32 Å². The summed E-state index contributed by atoms with van der Waals surface area (Å²) < 4.78 is 5.78. The Bertz CT molecular complexity index is 910. The van der Waals surface area contributed by atoms with Crippen LogP contribution in [0.4, 0.5) is 5.69 Å². The van der Waals surface area contributed by atoms with E-state index in [9.17, 15) is 9.59 Å². The first-order valence-corrected chi connectivity index (χ1v) is 9.53. The van der Waals surface area contributed by atoms with Crippen molar-refractivity contribution in [3.05, 3.63) is 60.2 Å². The van der Waals surface area contributed by atoms with Crippen LogP contribution in [0.15, 0.2) is 59.7 Å². The van der Waals surface area contributed by atoms with E-state index in [1.165, 1.54) is 6.92 Å². The predicted molar refractivity (Wildman–Crippen MR) is 108 cm³/mol. The molecule has 2 atom stereocenters. The molecule has 0 saturated heterocycles. The Labute approximate surface area is 164 Å². The van der Waals surface area contributed by atoms with Crippen LogP contribution in [0.5, 0.6) is 5.75 Å². The summed E-state index contributed by atoms with van der Waals surface area (Å²) >= 11 is 0. The van der Waals surface area contributed by atoms with Gasteiger partial charge in [0.2, 0.25) is 0 Å². The van der Waals surface area contributed by atoms with E-state index in [4.69, 9.17) is 4.74 Å². The number of nitrogens with one attached hydrogen (secondary N) is 1. The van der Waals surface area contributed by atoms with Crippen LogP contribution < -0.4 is 15.1 Å². The number of amides is 1. The summed E-state index contributed by atoms with van der Waals surface area (Å²) in [5, 5.41) is 9.07. The summed E-state index contributed by atoms with van der Waals surface area (Å²) in [6, 6.07) is 17.0. The average Bonchev–Trinajstić information content (AvgIpc) is 3.18. The molecular formula is C22H23N3O3. The Morgan fingerprint density at radius 2 is 1.86 bits per heavy atom. The summed E-state index contributed by atoms with van der Waals surface area (Å²) in [6.07, 6.45) is 1.19. The number of fused-ring (bicyclic) bond motifs is 1. The number of hydrazone groups is 1. The zero-order valence-corrected chi connectivity index (χ0v) is 15.8. The maximum atomic E-state index is 12.7. The molecule has 0 spiro atoms. The Morgan fingerprint density at radius 3 is 2.64 bits per heavy atom. The van der Waals surface area contributed by atoms with Crippen LogP contribution >= 0.6 is 0 Å². The van der Waals surface area contributed by atoms with Gasteiger partial charge < -0.3 is 10.1 Å². The maximum absolute atomic E-state index is 12.7. The van der Waals surface area contributed by atoms with E-state index in [1.54, 1.807) is 5.01 Å². The fraction of sp³-hybridized carbons (Fsp3) is 0.318. The van der Waals surface area contributed by atoms with Gasteiger partial charge in [0.05, 0.1) is 12.3 Å². The Hall–Kier alpha value is -3.15. The van der Waals surface area contributed by atoms with Crippen LogP contribution in [0.3, 0.4) is 0 Å². The van der Waals surface area contributed by atoms with Crippen LogP contribution in [0.1, 0.15) is 18.9 Å². The highest BCUT2D eigenvalue weighted by Gasteiger charge is 2.34. The normalized spacial score (nSPS) is 20.8. The lowest BCUT2D eigenvalue weighted by Crippen LogP contribution is -2.38. The fourth-order valence-corrected chi connectivity index (χ4v) is 3.64. The number of ether oxygens (including phenoxy) is 1. The lowest BCUT2D eigenvalue weighted by Gasteiger charge is -2.25. The molecule has 0 radical (unpaired) electrons. The monoisotopic (exact) mass is 377 g/mol. The lowest BCUT2D eigenvalue weighted by molar-refractivity contribution is -0.118. The number of anilines is 1. The van der Waals surface area contributed by atoms with Crippen LogP contribution in [0.2, 0.25) is 0 Å². The van der Waals surface area contributed by atoms with Crippen molar-refractivity contribution in [3.8, 4) is 5.75 Å². The van der Waals surface area contributed by atoms with Gasteiger partial charge in [-0.15, -0.1) is 0 Å². The standard InChI is InChI=1S/C22H23N3O3/c1-15(26)20-12-19(24-25(20)18-8-3-2-4-9-18)22(27)23-13-16-11-17-7-5-6-10-21(17)28-14-16/h2-10,16,20H,11-14H2,1H3,(H,23,27). The number of rotatable bonds is 5. The minimum absolute atomic E-state index is 0.00677. The van der Waals surface area contributed by atoms with Crippen molar-refractivity contribution in [3.63, 3.8) is 0 Å². The molecule has 6 heteroatoms. The number of para-hydroxylation sites is 2. The second-order valence-corrected chi connectivity index (χ2v) is 7.26. The number of hydrogen-bond acceptors (Lipinski definition) is 5. The molecular weight excluding hydrogens is 354 g/mol. The molecule has 2 aliphatic rings. The molecule has 0 aliphatic carbocycles. The van der Waals surface area contributed by atoms with E-state index < -0.39 is 6.04 Å². The second kappa shape index (κ2) is 7.84. The smallest absolute Gasteiger partial charge is 0.267 e. The van der Waals surface area contributed by atoms with Crippen molar-refractivity contribution >= 4 is 23.1 Å². The molecule has 0 aromatic heterocycles. The van der Waals surface area contributed by atoms with Gasteiger partial charge in [0.25, 0.3) is 5.91 Å². The van der Waals surface area contributed by atoms with Gasteiger partial charge in [0, 0.05) is 18.9 Å². The molecule has 2 aromatic carbocycles. The second-order valence-electron chi connectivity index (χ2n) is 7.26. The molecule has 1 N–H and O–H groups in total. The number of carbonyl (C=O) groups excluding carboxylic acids is 2. The molecule has 28 heavy (non-hydrogen) atoms. The summed E-state index contributed by atoms with van der Waals surface area (Å²) in [5.41, 5.74) is 2.36. The molecule has 2 unspecified atom stereocenters. The van der Waals surface area contributed by atoms with Crippen molar-refractivity contribution in [2.75, 3.05) is 18.2 Å². The molecule has 2 aromatic rings. The molecule has 1 amide bonds. The average molecular weight is 377 g/mol. The van der Waals surface area contributed by atoms with Crippen molar-refractivity contribution in [1.29, 1.82) is 0 Å². The van der Waals surface area contributed by atoms with Gasteiger partial charge >= 0.3 is 0 Å². The summed E-state index contributed by atoms with van der Waals surface area (Å²) in [6.45, 7) is 2.63. The van der Waals surface area contributed by atoms with Gasteiger partial charge in [-0.05, 0) is 37.1 Å². The van der Waals surface area contributed by atoms with E-state index >= 15 is 0 Å². The fourth-order valence-electron chi connectivity index (χ4n) is 3.64. The van der Waals surface area contributed by atoms with Gasteiger partial charge in [0.1, 0.15) is 17.5 Å². The van der Waals surface area contributed by atoms with E-state index in [2.05, 4.69) is 16.5 Å². The summed E-state index contributed by atoms with van der Waals surface area (Å²) in [5.74, 6) is 0.916. The van der Waals surface area contributed by atoms with Gasteiger partial charge in [-0.3, -0.25) is 14.6 Å². The Balaban J connectivity index is 1.40. The Morgan fingerprint density at radius 1 is 1.11 bits per heavy atom. The number of nitrogens with zero attached hydrogens (tertiary/aromatic N) is 2. The Kier molecular flexibility index (Phi) is 5.10. The van der Waals surface area contributed by atoms with Crippen molar-refractivity contribution in [2.45, 2.75) is 25.8 Å². The number of ketones is 1. The largest absolute Gasteiger partial charge is 0.493 e. The zero-order valence-electron chi connectivity index (χ0n) is 15.8. The van der Waals surface area contributed by atoms with Crippen LogP contribution in [-0.4, -0.2) is 36.6 Å². The number of carbonyl (C=O) groups is 2. The topological polar surface area (TPSA) is 71.0 Å². The molecule has 0 bridgehead atoms. The number of hydrogen-bond donors (Lipinski definition) is 1. The quantitative estimate of drug-likeness (QED) is 0.869. The molecule has 0 saturated carbocycles. The third-order valence-corrected chi connectivity index (χ3v) is 5.17. The third-order valence-electron chi connectivity index (χ3n) is 5.17. The highest BCUT2D eigenvalue weighted by molar-refractivity contribution is 6.40. The minimum atomic E-state index is -0.437. The summed E-state index contributed by atoms with van der Waals surface area (Å²) in [7, 11) is 0. The van der Waals surface area contributed by atoms with Gasteiger partial charge in [-0.25, -0.2) is 0 Å². The molecule has 144 valence electrons. The van der Waals surface area contributed by atoms with Crippen LogP contribution in [0.25, 0.3) is 0 Å².